The quantitative estimate of drug-likeness (QED) is 0.841. The summed E-state index contributed by atoms with van der Waals surface area (Å²) in [6.45, 7) is 6.14. The van der Waals surface area contributed by atoms with Crippen LogP contribution < -0.4 is 15.5 Å². The van der Waals surface area contributed by atoms with E-state index < -0.39 is 5.41 Å². The molecule has 2 aromatic carbocycles. The molecular formula is C22H25N3O3. The molecule has 1 saturated heterocycles. The van der Waals surface area contributed by atoms with Gasteiger partial charge < -0.3 is 15.5 Å². The maximum atomic E-state index is 12.8. The Morgan fingerprint density at radius 1 is 1.00 bits per heavy atom. The summed E-state index contributed by atoms with van der Waals surface area (Å²) < 4.78 is 0. The van der Waals surface area contributed by atoms with Crippen LogP contribution in [0.3, 0.4) is 0 Å². The molecule has 1 heterocycles. The van der Waals surface area contributed by atoms with Gasteiger partial charge in [0.2, 0.25) is 11.8 Å². The highest BCUT2D eigenvalue weighted by atomic mass is 16.2. The summed E-state index contributed by atoms with van der Waals surface area (Å²) in [5, 5.41) is 5.72. The second-order valence-corrected chi connectivity index (χ2v) is 7.91. The van der Waals surface area contributed by atoms with E-state index in [0.29, 0.717) is 35.6 Å². The standard InChI is InChI=1S/C22H25N3O3/c1-22(2,3)21(28)23-16-9-6-8-15(14-16)20(27)24-17-10-4-5-11-18(17)25-13-7-12-19(25)26/h4-6,8-11,14H,7,12-13H2,1-3H3,(H,23,28)(H,24,27). The van der Waals surface area contributed by atoms with Crippen molar-refractivity contribution in [3.05, 3.63) is 54.1 Å². The number of hydrogen-bond donors (Lipinski definition) is 2. The second-order valence-electron chi connectivity index (χ2n) is 7.91. The number of anilines is 3. The molecule has 1 aliphatic rings. The summed E-state index contributed by atoms with van der Waals surface area (Å²) >= 11 is 0. The zero-order chi connectivity index (χ0) is 20.3. The minimum atomic E-state index is -0.528. The Hall–Kier alpha value is -3.15. The molecule has 0 radical (unpaired) electrons. The Labute approximate surface area is 164 Å². The fourth-order valence-electron chi connectivity index (χ4n) is 2.97. The van der Waals surface area contributed by atoms with Gasteiger partial charge in [0.15, 0.2) is 0 Å². The number of carbonyl (C=O) groups excluding carboxylic acids is 3. The van der Waals surface area contributed by atoms with Gasteiger partial charge in [0.05, 0.1) is 11.4 Å². The Morgan fingerprint density at radius 2 is 1.75 bits per heavy atom. The van der Waals surface area contributed by atoms with Crippen LogP contribution in [-0.2, 0) is 9.59 Å². The van der Waals surface area contributed by atoms with Crippen molar-refractivity contribution < 1.29 is 14.4 Å². The number of nitrogens with one attached hydrogen (secondary N) is 2. The van der Waals surface area contributed by atoms with E-state index in [-0.39, 0.29) is 17.7 Å². The lowest BCUT2D eigenvalue weighted by Crippen LogP contribution is -2.27. The predicted molar refractivity (Wildman–Crippen MR) is 111 cm³/mol. The molecule has 3 amide bonds. The normalized spacial score (nSPS) is 14.1. The lowest BCUT2D eigenvalue weighted by atomic mass is 9.95. The van der Waals surface area contributed by atoms with Crippen LogP contribution in [0, 0.1) is 5.41 Å². The van der Waals surface area contributed by atoms with Crippen LogP contribution in [0.5, 0.6) is 0 Å². The molecule has 0 spiro atoms. The van der Waals surface area contributed by atoms with Gasteiger partial charge >= 0.3 is 0 Å². The minimum absolute atomic E-state index is 0.0635. The van der Waals surface area contributed by atoms with Crippen molar-refractivity contribution in [2.24, 2.45) is 5.41 Å². The van der Waals surface area contributed by atoms with E-state index in [4.69, 9.17) is 0 Å². The first kappa shape index (κ1) is 19.6. The van der Waals surface area contributed by atoms with E-state index >= 15 is 0 Å². The molecule has 28 heavy (non-hydrogen) atoms. The summed E-state index contributed by atoms with van der Waals surface area (Å²) in [4.78, 5) is 38.7. The van der Waals surface area contributed by atoms with Crippen molar-refractivity contribution in [3.63, 3.8) is 0 Å². The number of rotatable bonds is 4. The Morgan fingerprint density at radius 3 is 2.43 bits per heavy atom. The fourth-order valence-corrected chi connectivity index (χ4v) is 2.97. The number of para-hydroxylation sites is 2. The van der Waals surface area contributed by atoms with Crippen molar-refractivity contribution in [2.45, 2.75) is 33.6 Å². The summed E-state index contributed by atoms with van der Waals surface area (Å²) in [5.74, 6) is -0.359. The van der Waals surface area contributed by atoms with Crippen molar-refractivity contribution in [1.82, 2.24) is 0 Å². The third-order valence-corrected chi connectivity index (χ3v) is 4.58. The van der Waals surface area contributed by atoms with E-state index in [2.05, 4.69) is 10.6 Å². The fraction of sp³-hybridized carbons (Fsp3) is 0.318. The average Bonchev–Trinajstić information content (AvgIpc) is 3.07. The van der Waals surface area contributed by atoms with Gasteiger partial charge in [0.1, 0.15) is 0 Å². The molecule has 6 nitrogen and oxygen atoms in total. The number of carbonyl (C=O) groups is 3. The lowest BCUT2D eigenvalue weighted by Gasteiger charge is -2.20. The van der Waals surface area contributed by atoms with Crippen LogP contribution in [0.15, 0.2) is 48.5 Å². The van der Waals surface area contributed by atoms with E-state index in [9.17, 15) is 14.4 Å². The van der Waals surface area contributed by atoms with Crippen LogP contribution in [-0.4, -0.2) is 24.3 Å². The van der Waals surface area contributed by atoms with Gasteiger partial charge in [-0.1, -0.05) is 39.0 Å². The molecule has 0 atom stereocenters. The maximum Gasteiger partial charge on any atom is 0.255 e. The van der Waals surface area contributed by atoms with Gasteiger partial charge in [-0.3, -0.25) is 14.4 Å². The number of nitrogens with zero attached hydrogens (tertiary/aromatic N) is 1. The lowest BCUT2D eigenvalue weighted by molar-refractivity contribution is -0.123. The Kier molecular flexibility index (Phi) is 5.49. The van der Waals surface area contributed by atoms with Gasteiger partial charge in [0.25, 0.3) is 5.91 Å². The van der Waals surface area contributed by atoms with E-state index in [1.807, 2.05) is 39.0 Å². The summed E-state index contributed by atoms with van der Waals surface area (Å²) in [6, 6.07) is 14.1. The number of amides is 3. The minimum Gasteiger partial charge on any atom is -0.326 e. The van der Waals surface area contributed by atoms with Gasteiger partial charge in [-0.25, -0.2) is 0 Å². The summed E-state index contributed by atoms with van der Waals surface area (Å²) in [5.41, 5.74) is 1.76. The van der Waals surface area contributed by atoms with Crippen LogP contribution >= 0.6 is 0 Å². The second kappa shape index (κ2) is 7.84. The van der Waals surface area contributed by atoms with Crippen LogP contribution in [0.1, 0.15) is 44.0 Å². The van der Waals surface area contributed by atoms with Crippen LogP contribution in [0.2, 0.25) is 0 Å². The number of benzene rings is 2. The molecule has 3 rings (SSSR count). The average molecular weight is 379 g/mol. The predicted octanol–water partition coefficient (Wildman–Crippen LogP) is 4.05. The molecule has 0 unspecified atom stereocenters. The van der Waals surface area contributed by atoms with E-state index in [0.717, 1.165) is 6.42 Å². The molecule has 0 aromatic heterocycles. The van der Waals surface area contributed by atoms with Crippen molar-refractivity contribution in [1.29, 1.82) is 0 Å². The summed E-state index contributed by atoms with van der Waals surface area (Å²) in [6.07, 6.45) is 1.34. The molecule has 0 bridgehead atoms. The first-order chi connectivity index (χ1) is 13.3. The molecule has 2 aromatic rings. The van der Waals surface area contributed by atoms with Gasteiger partial charge in [0, 0.05) is 29.6 Å². The first-order valence-electron chi connectivity index (χ1n) is 9.38. The zero-order valence-corrected chi connectivity index (χ0v) is 16.4. The largest absolute Gasteiger partial charge is 0.326 e. The van der Waals surface area contributed by atoms with E-state index in [1.54, 1.807) is 35.2 Å². The molecule has 6 heteroatoms. The Balaban J connectivity index is 1.78. The van der Waals surface area contributed by atoms with Gasteiger partial charge in [-0.2, -0.15) is 0 Å². The molecule has 2 N–H and O–H groups in total. The molecular weight excluding hydrogens is 354 g/mol. The molecule has 0 saturated carbocycles. The van der Waals surface area contributed by atoms with Crippen LogP contribution in [0.4, 0.5) is 17.1 Å². The molecule has 1 aliphatic heterocycles. The highest BCUT2D eigenvalue weighted by molar-refractivity contribution is 6.08. The first-order valence-corrected chi connectivity index (χ1v) is 9.38. The van der Waals surface area contributed by atoms with Crippen molar-refractivity contribution >= 4 is 34.8 Å². The Bertz CT molecular complexity index is 915. The van der Waals surface area contributed by atoms with Crippen molar-refractivity contribution in [2.75, 3.05) is 22.1 Å². The third kappa shape index (κ3) is 4.39. The SMILES string of the molecule is CC(C)(C)C(=O)Nc1cccc(C(=O)Nc2ccccc2N2CCCC2=O)c1. The monoisotopic (exact) mass is 379 g/mol. The molecule has 1 fully saturated rings. The van der Waals surface area contributed by atoms with Gasteiger partial charge in [-0.15, -0.1) is 0 Å². The zero-order valence-electron chi connectivity index (χ0n) is 16.4. The van der Waals surface area contributed by atoms with Crippen molar-refractivity contribution in [3.8, 4) is 0 Å². The van der Waals surface area contributed by atoms with Crippen LogP contribution in [0.25, 0.3) is 0 Å². The highest BCUT2D eigenvalue weighted by Crippen LogP contribution is 2.30. The third-order valence-electron chi connectivity index (χ3n) is 4.58. The maximum absolute atomic E-state index is 12.8. The highest BCUT2D eigenvalue weighted by Gasteiger charge is 2.24. The topological polar surface area (TPSA) is 78.5 Å². The number of hydrogen-bond acceptors (Lipinski definition) is 3. The molecule has 146 valence electrons. The van der Waals surface area contributed by atoms with Gasteiger partial charge in [-0.05, 0) is 36.8 Å². The smallest absolute Gasteiger partial charge is 0.255 e. The summed E-state index contributed by atoms with van der Waals surface area (Å²) in [7, 11) is 0. The molecule has 0 aliphatic carbocycles. The van der Waals surface area contributed by atoms with E-state index in [1.165, 1.54) is 0 Å².